The molecule has 0 saturated heterocycles. The predicted molar refractivity (Wildman–Crippen MR) is 140 cm³/mol. The van der Waals surface area contributed by atoms with Crippen LogP contribution in [0, 0.1) is 40.4 Å². The van der Waals surface area contributed by atoms with Gasteiger partial charge in [-0.3, -0.25) is 14.4 Å². The molecule has 4 rings (SSSR count). The van der Waals surface area contributed by atoms with E-state index in [9.17, 15) is 14.4 Å². The predicted octanol–water partition coefficient (Wildman–Crippen LogP) is 6.60. The summed E-state index contributed by atoms with van der Waals surface area (Å²) >= 11 is 0. The lowest BCUT2D eigenvalue weighted by molar-refractivity contribution is -0.165. The fourth-order valence-corrected chi connectivity index (χ4v) is 8.54. The topological polar surface area (TPSA) is 69.7 Å². The number of carbonyl (C=O) groups is 3. The summed E-state index contributed by atoms with van der Waals surface area (Å²) in [5.74, 6) is 1.99. The van der Waals surface area contributed by atoms with Crippen LogP contribution in [0.4, 0.5) is 0 Å². The third kappa shape index (κ3) is 4.72. The van der Waals surface area contributed by atoms with E-state index in [1.54, 1.807) is 0 Å². The average Bonchev–Trinajstić information content (AvgIpc) is 3.14. The molecule has 0 radical (unpaired) electrons. The van der Waals surface area contributed by atoms with E-state index >= 15 is 0 Å². The Labute approximate surface area is 217 Å². The van der Waals surface area contributed by atoms with Crippen molar-refractivity contribution < 1.29 is 23.9 Å². The minimum absolute atomic E-state index is 0.120. The molecule has 5 heteroatoms. The van der Waals surface area contributed by atoms with E-state index in [0.29, 0.717) is 48.7 Å². The van der Waals surface area contributed by atoms with Gasteiger partial charge in [-0.05, 0) is 61.2 Å². The second kappa shape index (κ2) is 10.1. The molecule has 0 amide bonds. The van der Waals surface area contributed by atoms with Gasteiger partial charge in [-0.1, -0.05) is 57.9 Å². The number of hydrogen-bond donors (Lipinski definition) is 0. The normalized spacial score (nSPS) is 38.2. The summed E-state index contributed by atoms with van der Waals surface area (Å²) in [5, 5.41) is 0. The van der Waals surface area contributed by atoms with Crippen LogP contribution in [0.25, 0.3) is 0 Å². The molecule has 36 heavy (non-hydrogen) atoms. The van der Waals surface area contributed by atoms with Gasteiger partial charge in [0.2, 0.25) is 0 Å². The van der Waals surface area contributed by atoms with Crippen molar-refractivity contribution in [3.05, 3.63) is 23.3 Å². The molecule has 0 heterocycles. The lowest BCUT2D eigenvalue weighted by atomic mass is 9.49. The van der Waals surface area contributed by atoms with Crippen molar-refractivity contribution >= 4 is 17.7 Å². The van der Waals surface area contributed by atoms with Gasteiger partial charge in [-0.2, -0.15) is 0 Å². The van der Waals surface area contributed by atoms with Gasteiger partial charge in [-0.15, -0.1) is 0 Å². The number of allylic oxidation sites excluding steroid dienone is 3. The van der Waals surface area contributed by atoms with Crippen LogP contribution in [0.5, 0.6) is 0 Å². The molecule has 3 saturated carbocycles. The van der Waals surface area contributed by atoms with E-state index in [1.165, 1.54) is 37.8 Å². The highest BCUT2D eigenvalue weighted by Gasteiger charge is 2.60. The Bertz CT molecular complexity index is 960. The van der Waals surface area contributed by atoms with Gasteiger partial charge in [0.05, 0.1) is 0 Å². The first-order valence-corrected chi connectivity index (χ1v) is 14.2. The summed E-state index contributed by atoms with van der Waals surface area (Å²) in [6.45, 7) is 14.1. The Morgan fingerprint density at radius 1 is 0.972 bits per heavy atom. The average molecular weight is 499 g/mol. The fraction of sp³-hybridized carbons (Fsp3) is 0.774. The molecule has 4 aliphatic carbocycles. The Balaban J connectivity index is 1.59. The van der Waals surface area contributed by atoms with Gasteiger partial charge in [0.1, 0.15) is 18.0 Å². The third-order valence-corrected chi connectivity index (χ3v) is 10.5. The van der Waals surface area contributed by atoms with Crippen LogP contribution >= 0.6 is 0 Å². The second-order valence-electron chi connectivity index (χ2n) is 12.9. The van der Waals surface area contributed by atoms with Crippen molar-refractivity contribution in [3.63, 3.8) is 0 Å². The summed E-state index contributed by atoms with van der Waals surface area (Å²) in [6, 6.07) is 0. The molecule has 0 bridgehead atoms. The largest absolute Gasteiger partial charge is 0.462 e. The molecule has 0 N–H and O–H groups in total. The highest BCUT2D eigenvalue weighted by Crippen LogP contribution is 2.66. The maximum Gasteiger partial charge on any atom is 0.302 e. The number of ketones is 1. The molecular formula is C31H46O5. The van der Waals surface area contributed by atoms with E-state index in [4.69, 9.17) is 9.47 Å². The molecule has 0 aromatic heterocycles. The fourth-order valence-electron chi connectivity index (χ4n) is 8.54. The zero-order chi connectivity index (χ0) is 26.4. The van der Waals surface area contributed by atoms with Gasteiger partial charge in [-0.25, -0.2) is 0 Å². The molecular weight excluding hydrogens is 452 g/mol. The van der Waals surface area contributed by atoms with Crippen LogP contribution in [0.3, 0.4) is 0 Å². The number of esters is 2. The molecule has 4 aliphatic rings. The zero-order valence-electron chi connectivity index (χ0n) is 23.4. The molecule has 0 aromatic rings. The third-order valence-electron chi connectivity index (χ3n) is 10.5. The quantitative estimate of drug-likeness (QED) is 0.370. The molecule has 8 atom stereocenters. The summed E-state index contributed by atoms with van der Waals surface area (Å²) in [6.07, 6.45) is 11.7. The van der Waals surface area contributed by atoms with Crippen molar-refractivity contribution in [3.8, 4) is 0 Å². The summed E-state index contributed by atoms with van der Waals surface area (Å²) in [5.41, 5.74) is 2.77. The van der Waals surface area contributed by atoms with Gasteiger partial charge >= 0.3 is 11.9 Å². The van der Waals surface area contributed by atoms with E-state index in [1.807, 2.05) is 13.8 Å². The van der Waals surface area contributed by atoms with Crippen LogP contribution in [0.15, 0.2) is 23.3 Å². The Morgan fingerprint density at radius 2 is 1.67 bits per heavy atom. The number of carbonyl (C=O) groups excluding carboxylic acids is 3. The van der Waals surface area contributed by atoms with Crippen LogP contribution in [0.2, 0.25) is 0 Å². The van der Waals surface area contributed by atoms with Gasteiger partial charge in [0.25, 0.3) is 0 Å². The minimum Gasteiger partial charge on any atom is -0.462 e. The van der Waals surface area contributed by atoms with Gasteiger partial charge < -0.3 is 9.47 Å². The van der Waals surface area contributed by atoms with Crippen LogP contribution < -0.4 is 0 Å². The van der Waals surface area contributed by atoms with E-state index in [-0.39, 0.29) is 40.9 Å². The SMILES string of the molecule is CC(=O)OC1C[C@H](OC(C)=O)CC2=CC=C3[C@@H]4CC[C@H]([C@H](C)CCC(=O)C(C)C)[C@@]4(C)CC[C@@H]3[C@]21C. The summed E-state index contributed by atoms with van der Waals surface area (Å²) in [7, 11) is 0. The number of fused-ring (bicyclic) bond motifs is 5. The van der Waals surface area contributed by atoms with Crippen molar-refractivity contribution in [1.82, 2.24) is 0 Å². The number of hydrogen-bond acceptors (Lipinski definition) is 5. The number of ether oxygens (including phenoxy) is 2. The lowest BCUT2D eigenvalue weighted by Gasteiger charge is -2.57. The van der Waals surface area contributed by atoms with Crippen LogP contribution in [-0.2, 0) is 23.9 Å². The molecule has 3 fully saturated rings. The molecule has 200 valence electrons. The maximum atomic E-state index is 12.3. The smallest absolute Gasteiger partial charge is 0.302 e. The highest BCUT2D eigenvalue weighted by molar-refractivity contribution is 5.80. The van der Waals surface area contributed by atoms with Gasteiger partial charge in [0, 0.05) is 44.4 Å². The molecule has 1 unspecified atom stereocenters. The first kappa shape index (κ1) is 27.1. The highest BCUT2D eigenvalue weighted by atomic mass is 16.6. The molecule has 0 aliphatic heterocycles. The van der Waals surface area contributed by atoms with Crippen molar-refractivity contribution in [1.29, 1.82) is 0 Å². The van der Waals surface area contributed by atoms with Crippen LogP contribution in [0.1, 0.15) is 99.8 Å². The van der Waals surface area contributed by atoms with Crippen LogP contribution in [-0.4, -0.2) is 29.9 Å². The Kier molecular flexibility index (Phi) is 7.61. The first-order chi connectivity index (χ1) is 16.9. The summed E-state index contributed by atoms with van der Waals surface area (Å²) in [4.78, 5) is 36.1. The maximum absolute atomic E-state index is 12.3. The van der Waals surface area contributed by atoms with Gasteiger partial charge in [0.15, 0.2) is 0 Å². The number of rotatable bonds is 7. The Morgan fingerprint density at radius 3 is 2.31 bits per heavy atom. The zero-order valence-corrected chi connectivity index (χ0v) is 23.4. The van der Waals surface area contributed by atoms with Crippen molar-refractivity contribution in [2.75, 3.05) is 0 Å². The minimum atomic E-state index is -0.296. The van der Waals surface area contributed by atoms with E-state index < -0.39 is 0 Å². The lowest BCUT2D eigenvalue weighted by Crippen LogP contribution is -2.54. The molecule has 0 aromatic carbocycles. The molecule has 0 spiro atoms. The first-order valence-electron chi connectivity index (χ1n) is 14.2. The Hall–Kier alpha value is -1.91. The monoisotopic (exact) mass is 498 g/mol. The van der Waals surface area contributed by atoms with Crippen molar-refractivity contribution in [2.24, 2.45) is 40.4 Å². The standard InChI is InChI=1S/C31H46O5/c1-18(2)28(34)13-8-19(3)25-11-12-26-24-10-9-22-16-23(35-20(4)32)17-29(36-21(5)33)31(22,7)27(24)14-15-30(25,26)6/h9-10,18-19,23,25-27,29H,8,11-17H2,1-7H3/t19-,23-,25-,26+,27+,29?,30-,31+/m1/s1. The second-order valence-corrected chi connectivity index (χ2v) is 12.9. The number of Topliss-reactive ketones (excluding diaryl/α,β-unsaturated/α-hetero) is 1. The van der Waals surface area contributed by atoms with E-state index in [2.05, 4.69) is 32.9 Å². The molecule has 5 nitrogen and oxygen atoms in total. The van der Waals surface area contributed by atoms with E-state index in [0.717, 1.165) is 19.3 Å². The van der Waals surface area contributed by atoms with Crippen molar-refractivity contribution in [2.45, 2.75) is 112 Å². The summed E-state index contributed by atoms with van der Waals surface area (Å²) < 4.78 is 11.6.